The number of carbonyl (C=O) groups is 1. The van der Waals surface area contributed by atoms with Crippen LogP contribution in [0.4, 0.5) is 0 Å². The number of pyridine rings is 1. The number of halogens is 1. The van der Waals surface area contributed by atoms with Crippen LogP contribution in [0.2, 0.25) is 0 Å². The van der Waals surface area contributed by atoms with E-state index in [0.29, 0.717) is 13.0 Å². The van der Waals surface area contributed by atoms with Gasteiger partial charge in [-0.15, -0.1) is 12.4 Å². The van der Waals surface area contributed by atoms with Crippen LogP contribution < -0.4 is 16.8 Å². The maximum atomic E-state index is 11.8. The van der Waals surface area contributed by atoms with E-state index in [1.165, 1.54) is 0 Å². The molecule has 0 aliphatic carbocycles. The molecule has 1 aliphatic rings. The van der Waals surface area contributed by atoms with E-state index in [4.69, 9.17) is 11.5 Å². The Labute approximate surface area is 123 Å². The lowest BCUT2D eigenvalue weighted by molar-refractivity contribution is -0.124. The van der Waals surface area contributed by atoms with E-state index in [1.807, 2.05) is 24.3 Å². The first-order valence-corrected chi connectivity index (χ1v) is 6.29. The third kappa shape index (κ3) is 2.35. The Morgan fingerprint density at radius 1 is 1.25 bits per heavy atom. The topological polar surface area (TPSA) is 94.0 Å². The molecule has 3 rings (SSSR count). The van der Waals surface area contributed by atoms with Gasteiger partial charge in [0.15, 0.2) is 0 Å². The minimum absolute atomic E-state index is 0. The van der Waals surface area contributed by atoms with Gasteiger partial charge in [0.05, 0.1) is 5.92 Å². The van der Waals surface area contributed by atoms with E-state index < -0.39 is 5.66 Å². The van der Waals surface area contributed by atoms with E-state index in [-0.39, 0.29) is 24.2 Å². The highest BCUT2D eigenvalue weighted by atomic mass is 35.5. The molecular formula is C14H17ClN4O. The predicted octanol–water partition coefficient (Wildman–Crippen LogP) is 0.863. The highest BCUT2D eigenvalue weighted by Crippen LogP contribution is 2.29. The summed E-state index contributed by atoms with van der Waals surface area (Å²) in [6, 6.07) is 7.67. The second kappa shape index (κ2) is 5.36. The van der Waals surface area contributed by atoms with Crippen LogP contribution in [-0.4, -0.2) is 17.4 Å². The number of aromatic nitrogens is 1. The van der Waals surface area contributed by atoms with Crippen molar-refractivity contribution in [3.8, 4) is 0 Å². The van der Waals surface area contributed by atoms with E-state index in [9.17, 15) is 4.79 Å². The van der Waals surface area contributed by atoms with E-state index in [1.54, 1.807) is 12.4 Å². The molecule has 106 valence electrons. The first-order chi connectivity index (χ1) is 9.09. The molecule has 5 N–H and O–H groups in total. The van der Waals surface area contributed by atoms with Gasteiger partial charge in [-0.05, 0) is 29.5 Å². The van der Waals surface area contributed by atoms with Crippen molar-refractivity contribution in [1.29, 1.82) is 0 Å². The van der Waals surface area contributed by atoms with Gasteiger partial charge in [-0.1, -0.05) is 12.1 Å². The number of fused-ring (bicyclic) bond motifs is 1. The molecule has 6 heteroatoms. The van der Waals surface area contributed by atoms with Crippen LogP contribution >= 0.6 is 12.4 Å². The highest BCUT2D eigenvalue weighted by Gasteiger charge is 2.40. The van der Waals surface area contributed by atoms with Crippen molar-refractivity contribution in [2.75, 3.05) is 6.54 Å². The summed E-state index contributed by atoms with van der Waals surface area (Å²) in [6.07, 6.45) is 4.17. The Morgan fingerprint density at radius 3 is 2.75 bits per heavy atom. The van der Waals surface area contributed by atoms with E-state index in [0.717, 1.165) is 16.3 Å². The van der Waals surface area contributed by atoms with Crippen molar-refractivity contribution in [3.05, 3.63) is 42.2 Å². The summed E-state index contributed by atoms with van der Waals surface area (Å²) in [7, 11) is 0. The fourth-order valence-corrected chi connectivity index (χ4v) is 2.61. The Bertz CT molecular complexity index is 644. The summed E-state index contributed by atoms with van der Waals surface area (Å²) in [5.41, 5.74) is 12.1. The molecule has 0 bridgehead atoms. The van der Waals surface area contributed by atoms with Gasteiger partial charge in [-0.3, -0.25) is 9.78 Å². The number of nitrogens with one attached hydrogen (secondary N) is 1. The Morgan fingerprint density at radius 2 is 2.05 bits per heavy atom. The normalized spacial score (nSPS) is 18.7. The smallest absolute Gasteiger partial charge is 0.226 e. The molecule has 0 spiro atoms. The number of nitrogens with zero attached hydrogens (tertiary/aromatic N) is 1. The summed E-state index contributed by atoms with van der Waals surface area (Å²) >= 11 is 0. The number of hydrogen-bond acceptors (Lipinski definition) is 4. The monoisotopic (exact) mass is 292 g/mol. The number of hydrogen-bond donors (Lipinski definition) is 3. The van der Waals surface area contributed by atoms with Gasteiger partial charge >= 0.3 is 0 Å². The molecule has 20 heavy (non-hydrogen) atoms. The first-order valence-electron chi connectivity index (χ1n) is 6.29. The molecule has 1 amide bonds. The molecule has 2 aromatic rings. The minimum Gasteiger partial charge on any atom is -0.356 e. The van der Waals surface area contributed by atoms with E-state index in [2.05, 4.69) is 10.3 Å². The molecule has 1 unspecified atom stereocenters. The van der Waals surface area contributed by atoms with Gasteiger partial charge in [-0.25, -0.2) is 0 Å². The average molecular weight is 293 g/mol. The fourth-order valence-electron chi connectivity index (χ4n) is 2.61. The molecule has 0 radical (unpaired) electrons. The summed E-state index contributed by atoms with van der Waals surface area (Å²) in [6.45, 7) is 0.634. The van der Waals surface area contributed by atoms with Crippen LogP contribution in [0.1, 0.15) is 12.0 Å². The summed E-state index contributed by atoms with van der Waals surface area (Å²) in [5, 5.41) is 4.82. The van der Waals surface area contributed by atoms with Crippen molar-refractivity contribution < 1.29 is 4.79 Å². The van der Waals surface area contributed by atoms with Crippen LogP contribution in [0.5, 0.6) is 0 Å². The summed E-state index contributed by atoms with van der Waals surface area (Å²) < 4.78 is 0. The van der Waals surface area contributed by atoms with Crippen molar-refractivity contribution in [2.24, 2.45) is 17.4 Å². The Hall–Kier alpha value is -1.69. The average Bonchev–Trinajstić information content (AvgIpc) is 2.85. The van der Waals surface area contributed by atoms with Gasteiger partial charge < -0.3 is 16.8 Å². The third-order valence-corrected chi connectivity index (χ3v) is 3.77. The van der Waals surface area contributed by atoms with Crippen molar-refractivity contribution in [2.45, 2.75) is 12.1 Å². The SMILES string of the molecule is Cl.NC(N)(c1ccc2ccncc2c1)C1CCNC1=O. The fraction of sp³-hybridized carbons (Fsp3) is 0.286. The Kier molecular flexibility index (Phi) is 3.94. The van der Waals surface area contributed by atoms with Crippen LogP contribution in [0, 0.1) is 5.92 Å². The number of amides is 1. The largest absolute Gasteiger partial charge is 0.356 e. The number of nitrogens with two attached hydrogens (primary N) is 2. The van der Waals surface area contributed by atoms with Crippen LogP contribution in [-0.2, 0) is 10.5 Å². The molecular weight excluding hydrogens is 276 g/mol. The lowest BCUT2D eigenvalue weighted by atomic mass is 9.85. The maximum Gasteiger partial charge on any atom is 0.226 e. The van der Waals surface area contributed by atoms with Gasteiger partial charge in [0, 0.05) is 24.3 Å². The van der Waals surface area contributed by atoms with Crippen molar-refractivity contribution >= 4 is 29.1 Å². The van der Waals surface area contributed by atoms with Crippen molar-refractivity contribution in [1.82, 2.24) is 10.3 Å². The number of benzene rings is 1. The van der Waals surface area contributed by atoms with Gasteiger partial charge in [0.25, 0.3) is 0 Å². The zero-order chi connectivity index (χ0) is 13.5. The molecule has 1 atom stereocenters. The van der Waals surface area contributed by atoms with Crippen LogP contribution in [0.25, 0.3) is 10.8 Å². The lowest BCUT2D eigenvalue weighted by Crippen LogP contribution is -2.54. The van der Waals surface area contributed by atoms with Crippen LogP contribution in [0.3, 0.4) is 0 Å². The lowest BCUT2D eigenvalue weighted by Gasteiger charge is -2.30. The van der Waals surface area contributed by atoms with Gasteiger partial charge in [0.1, 0.15) is 5.66 Å². The Balaban J connectivity index is 0.00000147. The highest BCUT2D eigenvalue weighted by molar-refractivity contribution is 5.85. The first kappa shape index (κ1) is 14.7. The molecule has 2 heterocycles. The minimum atomic E-state index is -1.15. The van der Waals surface area contributed by atoms with Crippen molar-refractivity contribution in [3.63, 3.8) is 0 Å². The second-order valence-corrected chi connectivity index (χ2v) is 5.00. The van der Waals surface area contributed by atoms with E-state index >= 15 is 0 Å². The molecule has 1 aliphatic heterocycles. The molecule has 1 fully saturated rings. The zero-order valence-electron chi connectivity index (χ0n) is 10.9. The maximum absolute atomic E-state index is 11.8. The summed E-state index contributed by atoms with van der Waals surface area (Å²) in [5.74, 6) is -0.460. The van der Waals surface area contributed by atoms with Gasteiger partial charge in [0.2, 0.25) is 5.91 Å². The van der Waals surface area contributed by atoms with Gasteiger partial charge in [-0.2, -0.15) is 0 Å². The molecule has 1 aromatic carbocycles. The molecule has 1 saturated heterocycles. The van der Waals surface area contributed by atoms with Crippen LogP contribution in [0.15, 0.2) is 36.7 Å². The quantitative estimate of drug-likeness (QED) is 0.716. The second-order valence-electron chi connectivity index (χ2n) is 5.00. The summed E-state index contributed by atoms with van der Waals surface area (Å²) in [4.78, 5) is 15.9. The molecule has 1 aromatic heterocycles. The number of carbonyl (C=O) groups excluding carboxylic acids is 1. The standard InChI is InChI=1S/C14H16N4O.ClH/c15-14(16,12-4-6-18-13(12)19)11-2-1-9-3-5-17-8-10(9)7-11;/h1-3,5,7-8,12H,4,6,15-16H2,(H,18,19);1H. The molecule has 5 nitrogen and oxygen atoms in total. The predicted molar refractivity (Wildman–Crippen MR) is 80.2 cm³/mol. The third-order valence-electron chi connectivity index (χ3n) is 3.77. The zero-order valence-corrected chi connectivity index (χ0v) is 11.7. The number of rotatable bonds is 2. The molecule has 0 saturated carbocycles.